The fraction of sp³-hybridized carbons (Fsp3) is 0.357. The number of carbonyl (C=O) groups excluding carboxylic acids is 1. The second-order valence-corrected chi connectivity index (χ2v) is 8.48. The lowest BCUT2D eigenvalue weighted by atomic mass is 10.00. The van der Waals surface area contributed by atoms with Crippen molar-refractivity contribution in [2.45, 2.75) is 54.9 Å². The first-order valence-electron chi connectivity index (χ1n) is 11.4. The Balaban J connectivity index is 0.000000405. The first-order chi connectivity index (χ1) is 15.7. The quantitative estimate of drug-likeness (QED) is 0.473. The van der Waals surface area contributed by atoms with Crippen LogP contribution in [0.15, 0.2) is 64.9 Å². The van der Waals surface area contributed by atoms with Crippen molar-refractivity contribution in [3.8, 4) is 0 Å². The van der Waals surface area contributed by atoms with Gasteiger partial charge in [0.05, 0.1) is 22.5 Å². The second kappa shape index (κ2) is 12.0. The number of rotatable bonds is 5. The van der Waals surface area contributed by atoms with Gasteiger partial charge in [-0.1, -0.05) is 38.5 Å². The van der Waals surface area contributed by atoms with Gasteiger partial charge in [0.15, 0.2) is 0 Å². The Morgan fingerprint density at radius 1 is 1.09 bits per heavy atom. The number of nitrogens with zero attached hydrogens (tertiary/aromatic N) is 3. The molecule has 3 aromatic rings. The van der Waals surface area contributed by atoms with Crippen molar-refractivity contribution in [1.29, 1.82) is 0 Å². The number of aliphatic imine (C=N–C) groups is 1. The standard InChI is InChI=1S/C21H27N3O.C7H9N/c1-12(2)15(5)20(16(6)22-7)24-21(25)18-11-14(4)23-19-9-8-13(3)10-17(18)19;1-2-7-5-3-4-6-8-7/h8-12H,1-7H3,(H,24,25);3-6H,2H2,1H3/b20-15+,22-16?;. The van der Waals surface area contributed by atoms with E-state index in [1.54, 1.807) is 7.05 Å². The highest BCUT2D eigenvalue weighted by Gasteiger charge is 2.17. The summed E-state index contributed by atoms with van der Waals surface area (Å²) in [6.07, 6.45) is 2.85. The Morgan fingerprint density at radius 2 is 1.82 bits per heavy atom. The van der Waals surface area contributed by atoms with E-state index in [9.17, 15) is 4.79 Å². The zero-order chi connectivity index (χ0) is 24.5. The number of hydrogen-bond donors (Lipinski definition) is 1. The van der Waals surface area contributed by atoms with Crippen molar-refractivity contribution >= 4 is 22.5 Å². The highest BCUT2D eigenvalue weighted by atomic mass is 16.1. The molecule has 5 nitrogen and oxygen atoms in total. The number of fused-ring (bicyclic) bond motifs is 1. The van der Waals surface area contributed by atoms with E-state index < -0.39 is 0 Å². The SMILES string of the molecule is CCc1ccccn1.CN=C(C)/C(NC(=O)c1cc(C)nc2ccc(C)cc12)=C(/C)C(C)C. The number of benzene rings is 1. The smallest absolute Gasteiger partial charge is 0.256 e. The second-order valence-electron chi connectivity index (χ2n) is 8.48. The largest absolute Gasteiger partial charge is 0.320 e. The maximum Gasteiger partial charge on any atom is 0.256 e. The monoisotopic (exact) mass is 444 g/mol. The lowest BCUT2D eigenvalue weighted by molar-refractivity contribution is 0.0968. The summed E-state index contributed by atoms with van der Waals surface area (Å²) >= 11 is 0. The number of amides is 1. The number of pyridine rings is 2. The van der Waals surface area contributed by atoms with Crippen molar-refractivity contribution in [3.63, 3.8) is 0 Å². The van der Waals surface area contributed by atoms with Gasteiger partial charge in [0.25, 0.3) is 5.91 Å². The molecule has 3 rings (SSSR count). The summed E-state index contributed by atoms with van der Waals surface area (Å²) in [6.45, 7) is 14.2. The molecule has 5 heteroatoms. The molecule has 0 radical (unpaired) electrons. The fourth-order valence-electron chi connectivity index (χ4n) is 3.32. The van der Waals surface area contributed by atoms with Crippen molar-refractivity contribution < 1.29 is 4.79 Å². The van der Waals surface area contributed by atoms with Crippen LogP contribution >= 0.6 is 0 Å². The van der Waals surface area contributed by atoms with Crippen molar-refractivity contribution in [3.05, 3.63) is 82.4 Å². The molecule has 2 aromatic heterocycles. The van der Waals surface area contributed by atoms with Crippen LogP contribution < -0.4 is 5.32 Å². The number of allylic oxidation sites excluding steroid dienone is 2. The predicted molar refractivity (Wildman–Crippen MR) is 139 cm³/mol. The summed E-state index contributed by atoms with van der Waals surface area (Å²) in [6, 6.07) is 13.8. The van der Waals surface area contributed by atoms with E-state index in [0.29, 0.717) is 11.5 Å². The third kappa shape index (κ3) is 7.07. The average molecular weight is 445 g/mol. The molecule has 0 aliphatic carbocycles. The number of aryl methyl sites for hydroxylation is 3. The molecule has 1 amide bonds. The topological polar surface area (TPSA) is 67.2 Å². The summed E-state index contributed by atoms with van der Waals surface area (Å²) in [4.78, 5) is 26.0. The summed E-state index contributed by atoms with van der Waals surface area (Å²) in [7, 11) is 1.74. The minimum absolute atomic E-state index is 0.126. The van der Waals surface area contributed by atoms with Gasteiger partial charge in [-0.3, -0.25) is 19.8 Å². The number of hydrogen-bond acceptors (Lipinski definition) is 4. The van der Waals surface area contributed by atoms with Crippen LogP contribution in [0.4, 0.5) is 0 Å². The summed E-state index contributed by atoms with van der Waals surface area (Å²) in [5.41, 5.74) is 7.31. The Bertz CT molecular complexity index is 1160. The third-order valence-corrected chi connectivity index (χ3v) is 5.62. The van der Waals surface area contributed by atoms with Crippen molar-refractivity contribution in [2.24, 2.45) is 10.9 Å². The van der Waals surface area contributed by atoms with Gasteiger partial charge in [-0.15, -0.1) is 0 Å². The van der Waals surface area contributed by atoms with E-state index in [1.165, 1.54) is 0 Å². The highest BCUT2D eigenvalue weighted by Crippen LogP contribution is 2.21. The molecule has 0 spiro atoms. The zero-order valence-electron chi connectivity index (χ0n) is 21.2. The van der Waals surface area contributed by atoms with Gasteiger partial charge in [-0.05, 0) is 75.9 Å². The Hall–Kier alpha value is -3.34. The van der Waals surface area contributed by atoms with E-state index in [4.69, 9.17) is 0 Å². The lowest BCUT2D eigenvalue weighted by Crippen LogP contribution is -2.29. The Labute approximate surface area is 198 Å². The minimum atomic E-state index is -0.126. The van der Waals surface area contributed by atoms with Crippen LogP contribution in [0.2, 0.25) is 0 Å². The van der Waals surface area contributed by atoms with E-state index in [-0.39, 0.29) is 5.91 Å². The van der Waals surface area contributed by atoms with Crippen LogP contribution in [-0.4, -0.2) is 28.6 Å². The number of aromatic nitrogens is 2. The molecule has 0 bridgehead atoms. The number of carbonyl (C=O) groups is 1. The van der Waals surface area contributed by atoms with Crippen LogP contribution in [0.3, 0.4) is 0 Å². The van der Waals surface area contributed by atoms with Crippen LogP contribution in [0.25, 0.3) is 10.9 Å². The Kier molecular flexibility index (Phi) is 9.46. The molecule has 0 saturated heterocycles. The van der Waals surface area contributed by atoms with E-state index in [0.717, 1.165) is 51.3 Å². The van der Waals surface area contributed by atoms with Gasteiger partial charge in [0.2, 0.25) is 0 Å². The number of nitrogens with one attached hydrogen (secondary N) is 1. The van der Waals surface area contributed by atoms with Gasteiger partial charge in [-0.2, -0.15) is 0 Å². The van der Waals surface area contributed by atoms with Gasteiger partial charge < -0.3 is 5.32 Å². The van der Waals surface area contributed by atoms with Crippen molar-refractivity contribution in [1.82, 2.24) is 15.3 Å². The summed E-state index contributed by atoms with van der Waals surface area (Å²) in [5.74, 6) is 0.198. The lowest BCUT2D eigenvalue weighted by Gasteiger charge is -2.17. The van der Waals surface area contributed by atoms with Gasteiger partial charge in [-0.25, -0.2) is 0 Å². The van der Waals surface area contributed by atoms with Crippen LogP contribution in [-0.2, 0) is 6.42 Å². The molecular weight excluding hydrogens is 408 g/mol. The molecule has 0 atom stereocenters. The Morgan fingerprint density at radius 3 is 2.36 bits per heavy atom. The normalized spacial score (nSPS) is 12.2. The highest BCUT2D eigenvalue weighted by molar-refractivity contribution is 6.10. The zero-order valence-corrected chi connectivity index (χ0v) is 21.2. The van der Waals surface area contributed by atoms with Crippen molar-refractivity contribution in [2.75, 3.05) is 7.05 Å². The molecule has 0 saturated carbocycles. The molecule has 0 unspecified atom stereocenters. The maximum atomic E-state index is 13.1. The fourth-order valence-corrected chi connectivity index (χ4v) is 3.32. The molecule has 0 fully saturated rings. The maximum absolute atomic E-state index is 13.1. The average Bonchev–Trinajstić information content (AvgIpc) is 2.82. The molecule has 2 heterocycles. The predicted octanol–water partition coefficient (Wildman–Crippen LogP) is 6.25. The molecule has 1 aromatic carbocycles. The summed E-state index contributed by atoms with van der Waals surface area (Å²) < 4.78 is 0. The minimum Gasteiger partial charge on any atom is -0.320 e. The van der Waals surface area contributed by atoms with Gasteiger partial charge >= 0.3 is 0 Å². The molecular formula is C28H36N4O. The molecule has 174 valence electrons. The van der Waals surface area contributed by atoms with E-state index in [2.05, 4.69) is 41.0 Å². The van der Waals surface area contributed by atoms with Gasteiger partial charge in [0.1, 0.15) is 0 Å². The van der Waals surface area contributed by atoms with Crippen LogP contribution in [0, 0.1) is 19.8 Å². The molecule has 0 aliphatic heterocycles. The summed E-state index contributed by atoms with van der Waals surface area (Å²) in [5, 5.41) is 3.96. The van der Waals surface area contributed by atoms with E-state index >= 15 is 0 Å². The van der Waals surface area contributed by atoms with Crippen LogP contribution in [0.1, 0.15) is 61.9 Å². The molecule has 1 N–H and O–H groups in total. The first-order valence-corrected chi connectivity index (χ1v) is 11.4. The first kappa shape index (κ1) is 25.9. The molecule has 33 heavy (non-hydrogen) atoms. The third-order valence-electron chi connectivity index (χ3n) is 5.62. The van der Waals surface area contributed by atoms with Crippen LogP contribution in [0.5, 0.6) is 0 Å². The van der Waals surface area contributed by atoms with E-state index in [1.807, 2.05) is 76.4 Å². The molecule has 0 aliphatic rings. The van der Waals surface area contributed by atoms with Gasteiger partial charge in [0, 0.05) is 30.0 Å².